The highest BCUT2D eigenvalue weighted by Gasteiger charge is 2.58. The molecule has 1 aromatic rings. The molecule has 8 nitrogen and oxygen atoms in total. The molecule has 0 aliphatic carbocycles. The van der Waals surface area contributed by atoms with Crippen molar-refractivity contribution in [3.05, 3.63) is 23.8 Å². The molecule has 3 N–H and O–H groups in total. The predicted octanol–water partition coefficient (Wildman–Crippen LogP) is -0.310. The minimum Gasteiger partial charge on any atom is -0.497 e. The van der Waals surface area contributed by atoms with Gasteiger partial charge in [0.15, 0.2) is 0 Å². The number of ether oxygens (including phenoxy) is 2. The monoisotopic (exact) mass is 320 g/mol. The number of nitrogens with one attached hydrogen (secondary N) is 2. The molecule has 0 radical (unpaired) electrons. The van der Waals surface area contributed by atoms with Gasteiger partial charge in [-0.05, 0) is 6.07 Å². The van der Waals surface area contributed by atoms with Gasteiger partial charge in [-0.25, -0.2) is 0 Å². The maximum Gasteiger partial charge on any atom is 0.321 e. The largest absolute Gasteiger partial charge is 0.497 e. The number of carbonyl (C=O) groups excluding carboxylic acids is 2. The molecular formula is C15H16N2O6. The van der Waals surface area contributed by atoms with Crippen LogP contribution in [0.1, 0.15) is 11.6 Å². The Kier molecular flexibility index (Phi) is 3.69. The maximum absolute atomic E-state index is 12.1. The molecule has 2 fully saturated rings. The van der Waals surface area contributed by atoms with E-state index >= 15 is 0 Å². The number of carboxylic acid groups (broad SMARTS) is 1. The number of benzene rings is 1. The van der Waals surface area contributed by atoms with Crippen molar-refractivity contribution in [2.75, 3.05) is 14.2 Å². The highest BCUT2D eigenvalue weighted by molar-refractivity contribution is 6.08. The number of amides is 2. The SMILES string of the molecule is COc1ccc(C2NC(C(=O)O)C3C(=O)NC(=O)C23)c(OC)c1. The van der Waals surface area contributed by atoms with E-state index in [1.807, 2.05) is 0 Å². The molecular weight excluding hydrogens is 304 g/mol. The van der Waals surface area contributed by atoms with Crippen LogP contribution in [0.4, 0.5) is 0 Å². The number of fused-ring (bicyclic) bond motifs is 1. The van der Waals surface area contributed by atoms with Crippen LogP contribution in [0.15, 0.2) is 18.2 Å². The Labute approximate surface area is 131 Å². The van der Waals surface area contributed by atoms with Crippen molar-refractivity contribution >= 4 is 17.8 Å². The van der Waals surface area contributed by atoms with E-state index < -0.39 is 41.7 Å². The highest BCUT2D eigenvalue weighted by Crippen LogP contribution is 2.44. The fourth-order valence-corrected chi connectivity index (χ4v) is 3.32. The zero-order chi connectivity index (χ0) is 16.7. The molecule has 4 unspecified atom stereocenters. The molecule has 0 spiro atoms. The number of carboxylic acids is 1. The summed E-state index contributed by atoms with van der Waals surface area (Å²) in [5.74, 6) is -2.89. The lowest BCUT2D eigenvalue weighted by atomic mass is 9.86. The zero-order valence-electron chi connectivity index (χ0n) is 12.5. The lowest BCUT2D eigenvalue weighted by Gasteiger charge is -2.20. The van der Waals surface area contributed by atoms with Crippen molar-refractivity contribution in [1.29, 1.82) is 0 Å². The third-order valence-electron chi connectivity index (χ3n) is 4.36. The van der Waals surface area contributed by atoms with Crippen molar-refractivity contribution in [1.82, 2.24) is 10.6 Å². The Bertz CT molecular complexity index is 689. The first-order valence-corrected chi connectivity index (χ1v) is 7.03. The number of hydrogen-bond donors (Lipinski definition) is 3. The molecule has 2 heterocycles. The summed E-state index contributed by atoms with van der Waals surface area (Å²) in [7, 11) is 2.99. The summed E-state index contributed by atoms with van der Waals surface area (Å²) in [5.41, 5.74) is 0.608. The summed E-state index contributed by atoms with van der Waals surface area (Å²) in [6, 6.07) is 3.29. The predicted molar refractivity (Wildman–Crippen MR) is 77.0 cm³/mol. The minimum atomic E-state index is -1.17. The highest BCUT2D eigenvalue weighted by atomic mass is 16.5. The molecule has 122 valence electrons. The van der Waals surface area contributed by atoms with E-state index in [4.69, 9.17) is 9.47 Å². The Hall–Kier alpha value is -2.61. The van der Waals surface area contributed by atoms with Crippen LogP contribution in [-0.4, -0.2) is 43.2 Å². The third kappa shape index (κ3) is 2.31. The lowest BCUT2D eigenvalue weighted by molar-refractivity contribution is -0.142. The summed E-state index contributed by atoms with van der Waals surface area (Å²) >= 11 is 0. The smallest absolute Gasteiger partial charge is 0.321 e. The number of imide groups is 1. The summed E-state index contributed by atoms with van der Waals surface area (Å²) < 4.78 is 10.5. The molecule has 2 aliphatic rings. The molecule has 8 heteroatoms. The van der Waals surface area contributed by atoms with E-state index in [0.29, 0.717) is 17.1 Å². The molecule has 2 aliphatic heterocycles. The topological polar surface area (TPSA) is 114 Å². The molecule has 2 amide bonds. The van der Waals surface area contributed by atoms with Crippen molar-refractivity contribution in [2.45, 2.75) is 12.1 Å². The van der Waals surface area contributed by atoms with Gasteiger partial charge >= 0.3 is 5.97 Å². The van der Waals surface area contributed by atoms with E-state index in [1.54, 1.807) is 18.2 Å². The Balaban J connectivity index is 2.04. The molecule has 23 heavy (non-hydrogen) atoms. The van der Waals surface area contributed by atoms with Crippen LogP contribution >= 0.6 is 0 Å². The molecule has 2 saturated heterocycles. The molecule has 4 atom stereocenters. The first-order chi connectivity index (χ1) is 11.0. The number of carbonyl (C=O) groups is 3. The van der Waals surface area contributed by atoms with Gasteiger partial charge in [0.05, 0.1) is 26.1 Å². The second kappa shape index (κ2) is 5.54. The molecule has 3 rings (SSSR count). The van der Waals surface area contributed by atoms with Crippen molar-refractivity contribution in [3.63, 3.8) is 0 Å². The van der Waals surface area contributed by atoms with Crippen molar-refractivity contribution < 1.29 is 29.0 Å². The van der Waals surface area contributed by atoms with Gasteiger partial charge in [-0.15, -0.1) is 0 Å². The lowest BCUT2D eigenvalue weighted by Crippen LogP contribution is -2.41. The third-order valence-corrected chi connectivity index (χ3v) is 4.36. The van der Waals surface area contributed by atoms with Gasteiger partial charge in [-0.2, -0.15) is 0 Å². The van der Waals surface area contributed by atoms with Crippen LogP contribution < -0.4 is 20.1 Å². The van der Waals surface area contributed by atoms with E-state index in [1.165, 1.54) is 14.2 Å². The van der Waals surface area contributed by atoms with Crippen molar-refractivity contribution in [2.24, 2.45) is 11.8 Å². The first kappa shape index (κ1) is 15.3. The number of methoxy groups -OCH3 is 2. The maximum atomic E-state index is 12.1. The Morgan fingerprint density at radius 2 is 1.83 bits per heavy atom. The fourth-order valence-electron chi connectivity index (χ4n) is 3.32. The Morgan fingerprint density at radius 1 is 1.13 bits per heavy atom. The van der Waals surface area contributed by atoms with Gasteiger partial charge in [0, 0.05) is 17.7 Å². The van der Waals surface area contributed by atoms with Crippen LogP contribution in [0.2, 0.25) is 0 Å². The van der Waals surface area contributed by atoms with E-state index in [2.05, 4.69) is 10.6 Å². The van der Waals surface area contributed by atoms with Gasteiger partial charge in [0.2, 0.25) is 11.8 Å². The van der Waals surface area contributed by atoms with Gasteiger partial charge in [-0.3, -0.25) is 25.0 Å². The van der Waals surface area contributed by atoms with Crippen LogP contribution in [0.3, 0.4) is 0 Å². The van der Waals surface area contributed by atoms with E-state index in [-0.39, 0.29) is 0 Å². The van der Waals surface area contributed by atoms with Crippen LogP contribution in [0, 0.1) is 11.8 Å². The normalized spacial score (nSPS) is 29.1. The molecule has 0 saturated carbocycles. The summed E-state index contributed by atoms with van der Waals surface area (Å²) in [6.45, 7) is 0. The average Bonchev–Trinajstić information content (AvgIpc) is 3.06. The van der Waals surface area contributed by atoms with Gasteiger partial charge in [0.1, 0.15) is 17.5 Å². The summed E-state index contributed by atoms with van der Waals surface area (Å²) in [5, 5.41) is 14.4. The zero-order valence-corrected chi connectivity index (χ0v) is 12.5. The van der Waals surface area contributed by atoms with E-state index in [0.717, 1.165) is 0 Å². The second-order valence-electron chi connectivity index (χ2n) is 5.47. The molecule has 1 aromatic carbocycles. The molecule has 0 bridgehead atoms. The van der Waals surface area contributed by atoms with Crippen LogP contribution in [0.25, 0.3) is 0 Å². The minimum absolute atomic E-state index is 0.457. The second-order valence-corrected chi connectivity index (χ2v) is 5.47. The standard InChI is InChI=1S/C15H16N2O6/c1-22-6-3-4-7(8(5-6)23-2)11-9-10(12(16-11)15(20)21)14(19)17-13(9)18/h3-5,9-12,16H,1-2H3,(H,20,21)(H,17,18,19). The molecule has 0 aromatic heterocycles. The Morgan fingerprint density at radius 3 is 2.43 bits per heavy atom. The van der Waals surface area contributed by atoms with E-state index in [9.17, 15) is 19.5 Å². The summed E-state index contributed by atoms with van der Waals surface area (Å²) in [4.78, 5) is 35.5. The first-order valence-electron chi connectivity index (χ1n) is 7.03. The number of rotatable bonds is 4. The van der Waals surface area contributed by atoms with Crippen molar-refractivity contribution in [3.8, 4) is 11.5 Å². The number of hydrogen-bond acceptors (Lipinski definition) is 6. The van der Waals surface area contributed by atoms with Gasteiger partial charge in [-0.1, -0.05) is 6.07 Å². The summed E-state index contributed by atoms with van der Waals surface area (Å²) in [6.07, 6.45) is 0. The number of aliphatic carboxylic acids is 1. The quantitative estimate of drug-likeness (QED) is 0.652. The average molecular weight is 320 g/mol. The van der Waals surface area contributed by atoms with Crippen LogP contribution in [0.5, 0.6) is 11.5 Å². The van der Waals surface area contributed by atoms with Crippen LogP contribution in [-0.2, 0) is 14.4 Å². The van der Waals surface area contributed by atoms with Gasteiger partial charge < -0.3 is 14.6 Å². The van der Waals surface area contributed by atoms with Gasteiger partial charge in [0.25, 0.3) is 0 Å². The fraction of sp³-hybridized carbons (Fsp3) is 0.400.